The lowest BCUT2D eigenvalue weighted by Crippen LogP contribution is -2.48. The van der Waals surface area contributed by atoms with Gasteiger partial charge in [0.2, 0.25) is 5.91 Å². The van der Waals surface area contributed by atoms with Crippen LogP contribution in [0.1, 0.15) is 49.4 Å². The van der Waals surface area contributed by atoms with Crippen LogP contribution in [0.25, 0.3) is 5.70 Å². The average molecular weight is 507 g/mol. The highest BCUT2D eigenvalue weighted by Gasteiger charge is 2.26. The van der Waals surface area contributed by atoms with Crippen molar-refractivity contribution in [1.82, 2.24) is 10.6 Å². The van der Waals surface area contributed by atoms with Gasteiger partial charge in [-0.3, -0.25) is 4.79 Å². The Balaban J connectivity index is 1.81. The maximum atomic E-state index is 13.7. The van der Waals surface area contributed by atoms with Crippen LogP contribution in [0.5, 0.6) is 0 Å². The molecule has 3 rings (SSSR count). The number of hydrogen-bond acceptors (Lipinski definition) is 5. The first-order valence-electron chi connectivity index (χ1n) is 11.7. The van der Waals surface area contributed by atoms with E-state index in [-0.39, 0.29) is 42.5 Å². The summed E-state index contributed by atoms with van der Waals surface area (Å²) in [6, 6.07) is 7.83. The van der Waals surface area contributed by atoms with Gasteiger partial charge < -0.3 is 15.7 Å². The summed E-state index contributed by atoms with van der Waals surface area (Å²) in [6.07, 6.45) is -0.162. The molecule has 0 bridgehead atoms. The Morgan fingerprint density at radius 1 is 1.09 bits per heavy atom. The summed E-state index contributed by atoms with van der Waals surface area (Å²) in [7, 11) is -3.48. The highest BCUT2D eigenvalue weighted by Crippen LogP contribution is 2.28. The fourth-order valence-electron chi connectivity index (χ4n) is 4.12. The number of aliphatic hydroxyl groups excluding tert-OH is 1. The van der Waals surface area contributed by atoms with E-state index in [9.17, 15) is 27.1 Å². The summed E-state index contributed by atoms with van der Waals surface area (Å²) in [5, 5.41) is 17.9. The number of fused-ring (bicyclic) bond motifs is 1. The number of carbonyl (C=O) groups excluding carboxylic acids is 1. The number of rotatable bonds is 10. The molecule has 2 aromatic carbocycles. The number of aryl methyl sites for hydroxylation is 1. The molecule has 3 N–H and O–H groups in total. The molecular formula is C26H32F2N2O4S. The van der Waals surface area contributed by atoms with Gasteiger partial charge in [0.1, 0.15) is 11.6 Å². The summed E-state index contributed by atoms with van der Waals surface area (Å²) in [4.78, 5) is 12.4. The fourth-order valence-corrected chi connectivity index (χ4v) is 5.46. The van der Waals surface area contributed by atoms with E-state index in [1.807, 2.05) is 32.9 Å². The molecule has 6 nitrogen and oxygen atoms in total. The van der Waals surface area contributed by atoms with Crippen LogP contribution in [0.15, 0.2) is 41.8 Å². The molecule has 0 aliphatic carbocycles. The van der Waals surface area contributed by atoms with Gasteiger partial charge in [0.25, 0.3) is 0 Å². The smallest absolute Gasteiger partial charge is 0.220 e. The number of sulfone groups is 1. The lowest BCUT2D eigenvalue weighted by Gasteiger charge is -2.27. The number of nitrogens with one attached hydrogen (secondary N) is 2. The van der Waals surface area contributed by atoms with E-state index < -0.39 is 33.6 Å². The number of halogens is 2. The molecule has 2 unspecified atom stereocenters. The number of aliphatic hydroxyl groups is 1. The van der Waals surface area contributed by atoms with Crippen molar-refractivity contribution in [1.29, 1.82) is 0 Å². The minimum atomic E-state index is -3.48. The van der Waals surface area contributed by atoms with Crippen molar-refractivity contribution in [3.8, 4) is 0 Å². The molecule has 1 aliphatic heterocycles. The normalized spacial score (nSPS) is 16.3. The number of benzene rings is 2. The van der Waals surface area contributed by atoms with Gasteiger partial charge in [-0.15, -0.1) is 0 Å². The Kier molecular flexibility index (Phi) is 8.66. The van der Waals surface area contributed by atoms with Crippen molar-refractivity contribution in [2.24, 2.45) is 5.92 Å². The van der Waals surface area contributed by atoms with Gasteiger partial charge in [-0.2, -0.15) is 0 Å². The monoisotopic (exact) mass is 506 g/mol. The lowest BCUT2D eigenvalue weighted by atomic mass is 9.98. The summed E-state index contributed by atoms with van der Waals surface area (Å²) in [5.74, 6) is -1.81. The van der Waals surface area contributed by atoms with Crippen LogP contribution in [0, 0.1) is 17.6 Å². The first-order chi connectivity index (χ1) is 16.5. The van der Waals surface area contributed by atoms with Crippen LogP contribution in [0.3, 0.4) is 0 Å². The van der Waals surface area contributed by atoms with E-state index >= 15 is 0 Å². The SMILES string of the molecule is CCc1ccc2c(c1)C(NCC(O)C(Cc1cc(F)cc(F)c1)NC(=O)CC(C)C)=CS(=O)(=O)C2. The van der Waals surface area contributed by atoms with Crippen molar-refractivity contribution in [3.63, 3.8) is 0 Å². The molecule has 1 aliphatic rings. The summed E-state index contributed by atoms with van der Waals surface area (Å²) in [5.41, 5.74) is 3.11. The van der Waals surface area contributed by atoms with Gasteiger partial charge in [0.15, 0.2) is 9.84 Å². The van der Waals surface area contributed by atoms with Crippen LogP contribution in [-0.4, -0.2) is 38.1 Å². The molecule has 0 fully saturated rings. The van der Waals surface area contributed by atoms with Crippen molar-refractivity contribution in [2.75, 3.05) is 6.54 Å². The molecule has 1 heterocycles. The topological polar surface area (TPSA) is 95.5 Å². The Morgan fingerprint density at radius 2 is 1.77 bits per heavy atom. The Hall–Kier alpha value is -2.78. The van der Waals surface area contributed by atoms with E-state index in [1.165, 1.54) is 0 Å². The minimum absolute atomic E-state index is 0.00468. The fraction of sp³-hybridized carbons (Fsp3) is 0.423. The van der Waals surface area contributed by atoms with E-state index in [0.717, 1.165) is 41.2 Å². The second-order valence-corrected chi connectivity index (χ2v) is 11.2. The standard InChI is InChI=1S/C26H32F2N2O4S/c1-4-17-5-6-19-14-35(33,34)15-24(22(19)10-17)29-13-25(31)23(30-26(32)7-16(2)3)11-18-8-20(27)12-21(28)9-18/h5-6,8-10,12,15-16,23,25,29,31H,4,7,11,13-14H2,1-3H3,(H,30,32). The van der Waals surface area contributed by atoms with Gasteiger partial charge in [-0.1, -0.05) is 32.9 Å². The van der Waals surface area contributed by atoms with Crippen LogP contribution >= 0.6 is 0 Å². The number of hydrogen-bond donors (Lipinski definition) is 3. The minimum Gasteiger partial charge on any atom is -0.389 e. The molecule has 9 heteroatoms. The molecule has 1 amide bonds. The summed E-state index contributed by atoms with van der Waals surface area (Å²) < 4.78 is 52.2. The van der Waals surface area contributed by atoms with Crippen LogP contribution < -0.4 is 10.6 Å². The molecule has 0 saturated carbocycles. The van der Waals surface area contributed by atoms with Gasteiger partial charge in [0.05, 0.1) is 29.0 Å². The first-order valence-corrected chi connectivity index (χ1v) is 13.4. The second-order valence-electron chi connectivity index (χ2n) is 9.39. The predicted octanol–water partition coefficient (Wildman–Crippen LogP) is 3.48. The zero-order valence-corrected chi connectivity index (χ0v) is 21.0. The molecule has 2 atom stereocenters. The molecule has 0 saturated heterocycles. The maximum Gasteiger partial charge on any atom is 0.220 e. The van der Waals surface area contributed by atoms with Gasteiger partial charge >= 0.3 is 0 Å². The number of carbonyl (C=O) groups is 1. The van der Waals surface area contributed by atoms with Crippen LogP contribution in [-0.2, 0) is 33.2 Å². The van der Waals surface area contributed by atoms with Crippen molar-refractivity contribution in [3.05, 3.63) is 75.7 Å². The predicted molar refractivity (Wildman–Crippen MR) is 132 cm³/mol. The Bertz CT molecular complexity index is 1190. The van der Waals surface area contributed by atoms with Crippen molar-refractivity contribution >= 4 is 21.4 Å². The Morgan fingerprint density at radius 3 is 2.40 bits per heavy atom. The Labute approximate surface area is 205 Å². The largest absolute Gasteiger partial charge is 0.389 e. The second kappa shape index (κ2) is 11.3. The summed E-state index contributed by atoms with van der Waals surface area (Å²) >= 11 is 0. The van der Waals surface area contributed by atoms with E-state index in [1.54, 1.807) is 6.07 Å². The zero-order chi connectivity index (χ0) is 25.8. The molecular weight excluding hydrogens is 474 g/mol. The molecule has 35 heavy (non-hydrogen) atoms. The third kappa shape index (κ3) is 7.60. The van der Waals surface area contributed by atoms with Gasteiger partial charge in [-0.05, 0) is 53.6 Å². The molecule has 0 spiro atoms. The van der Waals surface area contributed by atoms with Crippen LogP contribution in [0.2, 0.25) is 0 Å². The molecule has 190 valence electrons. The molecule has 0 aromatic heterocycles. The quantitative estimate of drug-likeness (QED) is 0.459. The van der Waals surface area contributed by atoms with E-state index in [2.05, 4.69) is 10.6 Å². The third-order valence-electron chi connectivity index (χ3n) is 5.81. The summed E-state index contributed by atoms with van der Waals surface area (Å²) in [6.45, 7) is 5.68. The van der Waals surface area contributed by atoms with Crippen molar-refractivity contribution < 1.29 is 27.1 Å². The highest BCUT2D eigenvalue weighted by molar-refractivity contribution is 7.93. The maximum absolute atomic E-state index is 13.7. The third-order valence-corrected chi connectivity index (χ3v) is 7.12. The first kappa shape index (κ1) is 26.8. The highest BCUT2D eigenvalue weighted by atomic mass is 32.2. The van der Waals surface area contributed by atoms with Crippen LogP contribution in [0.4, 0.5) is 8.78 Å². The molecule has 2 aromatic rings. The average Bonchev–Trinajstić information content (AvgIpc) is 2.74. The zero-order valence-electron chi connectivity index (χ0n) is 20.1. The van der Waals surface area contributed by atoms with Gasteiger partial charge in [0, 0.05) is 24.6 Å². The van der Waals surface area contributed by atoms with Gasteiger partial charge in [-0.25, -0.2) is 17.2 Å². The van der Waals surface area contributed by atoms with E-state index in [0.29, 0.717) is 11.3 Å². The number of amides is 1. The molecule has 0 radical (unpaired) electrons. The van der Waals surface area contributed by atoms with Crippen molar-refractivity contribution in [2.45, 2.75) is 57.9 Å². The lowest BCUT2D eigenvalue weighted by molar-refractivity contribution is -0.123. The van der Waals surface area contributed by atoms with E-state index in [4.69, 9.17) is 0 Å².